The quantitative estimate of drug-likeness (QED) is 0.868. The van der Waals surface area contributed by atoms with Gasteiger partial charge in [-0.05, 0) is 37.4 Å². The largest absolute Gasteiger partial charge is 0.489 e. The molecule has 1 saturated heterocycles. The topological polar surface area (TPSA) is 30.5 Å². The highest BCUT2D eigenvalue weighted by Gasteiger charge is 2.17. The van der Waals surface area contributed by atoms with Crippen molar-refractivity contribution in [1.29, 1.82) is 0 Å². The predicted molar refractivity (Wildman–Crippen MR) is 77.8 cm³/mol. The molecule has 1 aromatic carbocycles. The van der Waals surface area contributed by atoms with Crippen LogP contribution in [0.1, 0.15) is 26.7 Å². The molecular weight excluding hydrogens is 257 g/mol. The maximum atomic E-state index is 13.9. The minimum atomic E-state index is -0.352. The van der Waals surface area contributed by atoms with Crippen molar-refractivity contribution >= 4 is 0 Å². The molecule has 1 atom stereocenters. The Kier molecular flexibility index (Phi) is 5.65. The lowest BCUT2D eigenvalue weighted by Gasteiger charge is -2.23. The van der Waals surface area contributed by atoms with E-state index in [9.17, 15) is 4.39 Å². The molecular formula is C16H24FNO2. The highest BCUT2D eigenvalue weighted by molar-refractivity contribution is 5.40. The monoisotopic (exact) mass is 281 g/mol. The van der Waals surface area contributed by atoms with Crippen LogP contribution in [0.3, 0.4) is 0 Å². The Morgan fingerprint density at radius 1 is 1.35 bits per heavy atom. The molecule has 3 nitrogen and oxygen atoms in total. The standard InChI is InChI=1S/C16H24FNO2/c1-12(2)10-19-15-7-3-6-14(17)16(15)20-11-13-5-4-8-18-9-13/h3,6-7,12-13,18H,4-5,8-11H2,1-2H3/t13-/m0/s1. The third-order valence-corrected chi connectivity index (χ3v) is 3.37. The van der Waals surface area contributed by atoms with Crippen LogP contribution in [0.25, 0.3) is 0 Å². The van der Waals surface area contributed by atoms with E-state index in [0.29, 0.717) is 30.8 Å². The van der Waals surface area contributed by atoms with Crippen molar-refractivity contribution in [3.63, 3.8) is 0 Å². The minimum absolute atomic E-state index is 0.249. The van der Waals surface area contributed by atoms with Gasteiger partial charge in [0.1, 0.15) is 0 Å². The zero-order chi connectivity index (χ0) is 14.4. The first-order chi connectivity index (χ1) is 9.66. The fourth-order valence-electron chi connectivity index (χ4n) is 2.27. The van der Waals surface area contributed by atoms with Gasteiger partial charge in [0, 0.05) is 12.5 Å². The third-order valence-electron chi connectivity index (χ3n) is 3.37. The Morgan fingerprint density at radius 2 is 2.20 bits per heavy atom. The van der Waals surface area contributed by atoms with Gasteiger partial charge in [0.2, 0.25) is 0 Å². The molecule has 0 spiro atoms. The fourth-order valence-corrected chi connectivity index (χ4v) is 2.27. The van der Waals surface area contributed by atoms with E-state index in [4.69, 9.17) is 9.47 Å². The van der Waals surface area contributed by atoms with Crippen molar-refractivity contribution in [2.24, 2.45) is 11.8 Å². The third kappa shape index (κ3) is 4.37. The second-order valence-electron chi connectivity index (χ2n) is 5.80. The van der Waals surface area contributed by atoms with E-state index < -0.39 is 0 Å². The van der Waals surface area contributed by atoms with Gasteiger partial charge in [-0.25, -0.2) is 4.39 Å². The molecule has 1 heterocycles. The molecule has 0 unspecified atom stereocenters. The highest BCUT2D eigenvalue weighted by Crippen LogP contribution is 2.31. The molecule has 0 aliphatic carbocycles. The van der Waals surface area contributed by atoms with Gasteiger partial charge in [0.25, 0.3) is 0 Å². The molecule has 1 fully saturated rings. The summed E-state index contributed by atoms with van der Waals surface area (Å²) in [5.74, 6) is 1.24. The van der Waals surface area contributed by atoms with E-state index in [2.05, 4.69) is 19.2 Å². The molecule has 1 aliphatic rings. The van der Waals surface area contributed by atoms with Crippen molar-refractivity contribution in [2.45, 2.75) is 26.7 Å². The molecule has 0 amide bonds. The summed E-state index contributed by atoms with van der Waals surface area (Å²) in [6.07, 6.45) is 2.28. The SMILES string of the molecule is CC(C)COc1cccc(F)c1OC[C@H]1CCCNC1. The molecule has 1 N–H and O–H groups in total. The normalized spacial score (nSPS) is 19.1. The summed E-state index contributed by atoms with van der Waals surface area (Å²) >= 11 is 0. The van der Waals surface area contributed by atoms with Crippen LogP contribution in [-0.4, -0.2) is 26.3 Å². The maximum absolute atomic E-state index is 13.9. The molecule has 112 valence electrons. The van der Waals surface area contributed by atoms with Crippen molar-refractivity contribution in [2.75, 3.05) is 26.3 Å². The first kappa shape index (κ1) is 15.1. The summed E-state index contributed by atoms with van der Waals surface area (Å²) in [6.45, 7) is 7.23. The van der Waals surface area contributed by atoms with E-state index in [1.54, 1.807) is 12.1 Å². The average Bonchev–Trinajstić information content (AvgIpc) is 2.45. The molecule has 20 heavy (non-hydrogen) atoms. The van der Waals surface area contributed by atoms with Crippen LogP contribution < -0.4 is 14.8 Å². The van der Waals surface area contributed by atoms with Crippen molar-refractivity contribution in [3.05, 3.63) is 24.0 Å². The Morgan fingerprint density at radius 3 is 2.90 bits per heavy atom. The minimum Gasteiger partial charge on any atom is -0.489 e. The number of nitrogens with one attached hydrogen (secondary N) is 1. The number of hydrogen-bond donors (Lipinski definition) is 1. The van der Waals surface area contributed by atoms with E-state index in [1.165, 1.54) is 6.07 Å². The van der Waals surface area contributed by atoms with E-state index >= 15 is 0 Å². The second-order valence-corrected chi connectivity index (χ2v) is 5.80. The number of benzene rings is 1. The number of piperidine rings is 1. The number of para-hydroxylation sites is 1. The smallest absolute Gasteiger partial charge is 0.197 e. The van der Waals surface area contributed by atoms with Crippen molar-refractivity contribution in [3.8, 4) is 11.5 Å². The molecule has 0 bridgehead atoms. The van der Waals surface area contributed by atoms with Crippen LogP contribution in [0.5, 0.6) is 11.5 Å². The van der Waals surface area contributed by atoms with Crippen LogP contribution in [0.2, 0.25) is 0 Å². The van der Waals surface area contributed by atoms with Crippen LogP contribution in [-0.2, 0) is 0 Å². The summed E-state index contributed by atoms with van der Waals surface area (Å²) < 4.78 is 25.2. The lowest BCUT2D eigenvalue weighted by atomic mass is 10.0. The Hall–Kier alpha value is -1.29. The predicted octanol–water partition coefficient (Wildman–Crippen LogP) is 3.24. The first-order valence-corrected chi connectivity index (χ1v) is 7.41. The van der Waals surface area contributed by atoms with E-state index in [-0.39, 0.29) is 11.6 Å². The summed E-state index contributed by atoms with van der Waals surface area (Å²) in [4.78, 5) is 0. The van der Waals surface area contributed by atoms with Gasteiger partial charge in [-0.1, -0.05) is 19.9 Å². The van der Waals surface area contributed by atoms with Crippen LogP contribution in [0, 0.1) is 17.7 Å². The second kappa shape index (κ2) is 7.48. The molecule has 0 aromatic heterocycles. The lowest BCUT2D eigenvalue weighted by molar-refractivity contribution is 0.194. The summed E-state index contributed by atoms with van der Waals surface area (Å²) in [6, 6.07) is 4.83. The number of rotatable bonds is 6. The zero-order valence-corrected chi connectivity index (χ0v) is 12.3. The summed E-state index contributed by atoms with van der Waals surface area (Å²) in [5, 5.41) is 3.34. The fraction of sp³-hybridized carbons (Fsp3) is 0.625. The van der Waals surface area contributed by atoms with Gasteiger partial charge >= 0.3 is 0 Å². The van der Waals surface area contributed by atoms with Gasteiger partial charge in [-0.3, -0.25) is 0 Å². The number of hydrogen-bond acceptors (Lipinski definition) is 3. The van der Waals surface area contributed by atoms with E-state index in [0.717, 1.165) is 25.9 Å². The zero-order valence-electron chi connectivity index (χ0n) is 12.3. The maximum Gasteiger partial charge on any atom is 0.197 e. The van der Waals surface area contributed by atoms with E-state index in [1.807, 2.05) is 0 Å². The lowest BCUT2D eigenvalue weighted by Crippen LogP contribution is -2.33. The van der Waals surface area contributed by atoms with Gasteiger partial charge in [-0.2, -0.15) is 0 Å². The van der Waals surface area contributed by atoms with Crippen LogP contribution in [0.4, 0.5) is 4.39 Å². The summed E-state index contributed by atoms with van der Waals surface area (Å²) in [7, 11) is 0. The highest BCUT2D eigenvalue weighted by atomic mass is 19.1. The van der Waals surface area contributed by atoms with Gasteiger partial charge in [0.15, 0.2) is 17.3 Å². The molecule has 1 aromatic rings. The van der Waals surface area contributed by atoms with Crippen LogP contribution >= 0.6 is 0 Å². The summed E-state index contributed by atoms with van der Waals surface area (Å²) in [5.41, 5.74) is 0. The van der Waals surface area contributed by atoms with Gasteiger partial charge in [-0.15, -0.1) is 0 Å². The molecule has 2 rings (SSSR count). The van der Waals surface area contributed by atoms with Gasteiger partial charge in [0.05, 0.1) is 13.2 Å². The number of halogens is 1. The van der Waals surface area contributed by atoms with Crippen molar-refractivity contribution < 1.29 is 13.9 Å². The average molecular weight is 281 g/mol. The molecule has 0 saturated carbocycles. The number of ether oxygens (including phenoxy) is 2. The van der Waals surface area contributed by atoms with Crippen molar-refractivity contribution in [1.82, 2.24) is 5.32 Å². The Balaban J connectivity index is 1.97. The van der Waals surface area contributed by atoms with Crippen LogP contribution in [0.15, 0.2) is 18.2 Å². The first-order valence-electron chi connectivity index (χ1n) is 7.41. The van der Waals surface area contributed by atoms with Gasteiger partial charge < -0.3 is 14.8 Å². The molecule has 4 heteroatoms. The molecule has 0 radical (unpaired) electrons. The Labute approximate surface area is 120 Å². The Bertz CT molecular complexity index is 417. The molecule has 1 aliphatic heterocycles.